The smallest absolute Gasteiger partial charge is 0.123 e. The van der Waals surface area contributed by atoms with Gasteiger partial charge >= 0.3 is 0 Å². The maximum Gasteiger partial charge on any atom is 0.123 e. The summed E-state index contributed by atoms with van der Waals surface area (Å²) in [5, 5.41) is 0. The molecule has 0 radical (unpaired) electrons. The van der Waals surface area contributed by atoms with E-state index < -0.39 is 0 Å². The Morgan fingerprint density at radius 2 is 1.79 bits per heavy atom. The van der Waals surface area contributed by atoms with Crippen LogP contribution in [0.25, 0.3) is 0 Å². The Bertz CT molecular complexity index is 513. The molecule has 2 atom stereocenters. The molecule has 1 aliphatic heterocycles. The second kappa shape index (κ2) is 5.45. The number of nitrogens with two attached hydrogens (primary N) is 1. The van der Waals surface area contributed by atoms with Crippen LogP contribution in [0, 0.1) is 0 Å². The Hall–Kier alpha value is -1.80. The van der Waals surface area contributed by atoms with E-state index in [-0.39, 0.29) is 12.1 Å². The second-order valence-electron chi connectivity index (χ2n) is 5.16. The van der Waals surface area contributed by atoms with Crippen molar-refractivity contribution >= 4 is 0 Å². The van der Waals surface area contributed by atoms with Crippen LogP contribution in [0.3, 0.4) is 0 Å². The quantitative estimate of drug-likeness (QED) is 0.909. The number of hydrogen-bond acceptors (Lipinski definition) is 2. The molecular weight excluding hydrogens is 234 g/mol. The molecule has 2 unspecified atom stereocenters. The number of aryl methyl sites for hydroxylation is 1. The van der Waals surface area contributed by atoms with E-state index in [1.54, 1.807) is 0 Å². The van der Waals surface area contributed by atoms with Crippen LogP contribution in [0.2, 0.25) is 0 Å². The summed E-state index contributed by atoms with van der Waals surface area (Å²) in [6.45, 7) is 0. The molecule has 2 nitrogen and oxygen atoms in total. The highest BCUT2D eigenvalue weighted by Crippen LogP contribution is 2.29. The molecule has 0 aromatic heterocycles. The van der Waals surface area contributed by atoms with Crippen LogP contribution in [-0.2, 0) is 12.8 Å². The van der Waals surface area contributed by atoms with Gasteiger partial charge in [0.2, 0.25) is 0 Å². The van der Waals surface area contributed by atoms with Crippen molar-refractivity contribution in [2.45, 2.75) is 31.4 Å². The van der Waals surface area contributed by atoms with Gasteiger partial charge in [-0.2, -0.15) is 0 Å². The molecule has 1 heterocycles. The fraction of sp³-hybridized carbons (Fsp3) is 0.294. The molecule has 1 aliphatic rings. The minimum atomic E-state index is 0.0904. The zero-order valence-corrected chi connectivity index (χ0v) is 11.0. The number of hydrogen-bond donors (Lipinski definition) is 1. The van der Waals surface area contributed by atoms with Gasteiger partial charge in [-0.15, -0.1) is 0 Å². The molecule has 0 saturated heterocycles. The third-order valence-corrected chi connectivity index (χ3v) is 3.76. The van der Waals surface area contributed by atoms with Gasteiger partial charge in [0.05, 0.1) is 0 Å². The van der Waals surface area contributed by atoms with Gasteiger partial charge in [0.1, 0.15) is 11.9 Å². The molecule has 0 spiro atoms. The molecule has 0 saturated carbocycles. The van der Waals surface area contributed by atoms with Crippen molar-refractivity contribution in [1.29, 1.82) is 0 Å². The van der Waals surface area contributed by atoms with Gasteiger partial charge in [-0.3, -0.25) is 0 Å². The lowest BCUT2D eigenvalue weighted by Crippen LogP contribution is -2.38. The van der Waals surface area contributed by atoms with Gasteiger partial charge in [-0.05, 0) is 30.0 Å². The summed E-state index contributed by atoms with van der Waals surface area (Å²) in [5.41, 5.74) is 8.90. The number of ether oxygens (including phenoxy) is 1. The van der Waals surface area contributed by atoms with Crippen LogP contribution >= 0.6 is 0 Å². The minimum absolute atomic E-state index is 0.0904. The average Bonchev–Trinajstić information content (AvgIpc) is 2.90. The van der Waals surface area contributed by atoms with Crippen LogP contribution in [-0.4, -0.2) is 12.1 Å². The van der Waals surface area contributed by atoms with Gasteiger partial charge in [0, 0.05) is 12.5 Å². The highest BCUT2D eigenvalue weighted by Gasteiger charge is 2.27. The van der Waals surface area contributed by atoms with Crippen LogP contribution in [0.15, 0.2) is 54.6 Å². The van der Waals surface area contributed by atoms with E-state index in [4.69, 9.17) is 10.5 Å². The van der Waals surface area contributed by atoms with E-state index in [0.29, 0.717) is 0 Å². The Labute approximate surface area is 114 Å². The molecule has 98 valence electrons. The summed E-state index contributed by atoms with van der Waals surface area (Å²) in [6, 6.07) is 18.8. The summed E-state index contributed by atoms with van der Waals surface area (Å²) in [6.07, 6.45) is 3.04. The molecule has 19 heavy (non-hydrogen) atoms. The van der Waals surface area contributed by atoms with Crippen LogP contribution in [0.4, 0.5) is 0 Å². The zero-order valence-electron chi connectivity index (χ0n) is 11.0. The normalized spacial score (nSPS) is 18.7. The maximum atomic E-state index is 6.28. The molecule has 3 rings (SSSR count). The van der Waals surface area contributed by atoms with Gasteiger partial charge in [0.25, 0.3) is 0 Å². The van der Waals surface area contributed by atoms with Gasteiger partial charge in [0.15, 0.2) is 0 Å². The van der Waals surface area contributed by atoms with Crippen LogP contribution in [0.5, 0.6) is 5.75 Å². The monoisotopic (exact) mass is 253 g/mol. The predicted octanol–water partition coefficient (Wildman–Crippen LogP) is 2.95. The molecule has 2 aromatic rings. The van der Waals surface area contributed by atoms with E-state index in [0.717, 1.165) is 25.0 Å². The first-order chi connectivity index (χ1) is 9.33. The number of fused-ring (bicyclic) bond motifs is 1. The predicted molar refractivity (Wildman–Crippen MR) is 77.3 cm³/mol. The number of benzene rings is 2. The lowest BCUT2D eigenvalue weighted by Gasteiger charge is -2.19. The maximum absolute atomic E-state index is 6.28. The molecule has 2 heteroatoms. The van der Waals surface area contributed by atoms with E-state index >= 15 is 0 Å². The Kier molecular flexibility index (Phi) is 3.51. The summed E-state index contributed by atoms with van der Waals surface area (Å²) < 4.78 is 5.93. The van der Waals surface area contributed by atoms with Crippen molar-refractivity contribution in [3.8, 4) is 5.75 Å². The first-order valence-electron chi connectivity index (χ1n) is 6.87. The largest absolute Gasteiger partial charge is 0.488 e. The second-order valence-corrected chi connectivity index (χ2v) is 5.16. The Morgan fingerprint density at radius 1 is 1.05 bits per heavy atom. The first kappa shape index (κ1) is 12.2. The van der Waals surface area contributed by atoms with E-state index in [2.05, 4.69) is 36.4 Å². The van der Waals surface area contributed by atoms with Crippen LogP contribution < -0.4 is 10.5 Å². The van der Waals surface area contributed by atoms with E-state index in [1.165, 1.54) is 11.1 Å². The zero-order chi connectivity index (χ0) is 13.1. The van der Waals surface area contributed by atoms with E-state index in [1.807, 2.05) is 18.2 Å². The molecule has 2 aromatic carbocycles. The molecule has 2 N–H and O–H groups in total. The Balaban J connectivity index is 1.57. The van der Waals surface area contributed by atoms with Crippen molar-refractivity contribution in [2.24, 2.45) is 5.73 Å². The summed E-state index contributed by atoms with van der Waals surface area (Å²) in [5.74, 6) is 1.00. The van der Waals surface area contributed by atoms with Crippen molar-refractivity contribution in [3.63, 3.8) is 0 Å². The number of rotatable bonds is 4. The Morgan fingerprint density at radius 3 is 2.58 bits per heavy atom. The minimum Gasteiger partial charge on any atom is -0.488 e. The third-order valence-electron chi connectivity index (χ3n) is 3.76. The standard InChI is InChI=1S/C17H19NO/c18-15(11-10-13-6-2-1-3-7-13)17-12-14-8-4-5-9-16(14)19-17/h1-9,15,17H,10-12,18H2. The van der Waals surface area contributed by atoms with Crippen molar-refractivity contribution in [1.82, 2.24) is 0 Å². The summed E-state index contributed by atoms with van der Waals surface area (Å²) in [7, 11) is 0. The fourth-order valence-corrected chi connectivity index (χ4v) is 2.61. The van der Waals surface area contributed by atoms with Crippen molar-refractivity contribution < 1.29 is 4.74 Å². The SMILES string of the molecule is NC(CCc1ccccc1)C1Cc2ccccc2O1. The van der Waals surface area contributed by atoms with Crippen molar-refractivity contribution in [3.05, 3.63) is 65.7 Å². The van der Waals surface area contributed by atoms with Gasteiger partial charge in [-0.25, -0.2) is 0 Å². The molecule has 0 amide bonds. The lowest BCUT2D eigenvalue weighted by atomic mass is 9.99. The molecule has 0 aliphatic carbocycles. The molecule has 0 fully saturated rings. The summed E-state index contributed by atoms with van der Waals surface area (Å²) >= 11 is 0. The third kappa shape index (κ3) is 2.79. The van der Waals surface area contributed by atoms with Crippen LogP contribution in [0.1, 0.15) is 17.5 Å². The lowest BCUT2D eigenvalue weighted by molar-refractivity contribution is 0.193. The van der Waals surface area contributed by atoms with Gasteiger partial charge < -0.3 is 10.5 Å². The molecule has 0 bridgehead atoms. The van der Waals surface area contributed by atoms with E-state index in [9.17, 15) is 0 Å². The molecular formula is C17H19NO. The average molecular weight is 253 g/mol. The van der Waals surface area contributed by atoms with Crippen molar-refractivity contribution in [2.75, 3.05) is 0 Å². The first-order valence-corrected chi connectivity index (χ1v) is 6.87. The number of para-hydroxylation sites is 1. The highest BCUT2D eigenvalue weighted by atomic mass is 16.5. The summed E-state index contributed by atoms with van der Waals surface area (Å²) in [4.78, 5) is 0. The fourth-order valence-electron chi connectivity index (χ4n) is 2.61. The van der Waals surface area contributed by atoms with Gasteiger partial charge in [-0.1, -0.05) is 48.5 Å². The topological polar surface area (TPSA) is 35.2 Å². The highest BCUT2D eigenvalue weighted by molar-refractivity contribution is 5.37.